The van der Waals surface area contributed by atoms with E-state index in [2.05, 4.69) is 69.9 Å². The molecule has 0 spiro atoms. The van der Waals surface area contributed by atoms with Crippen LogP contribution in [0.3, 0.4) is 0 Å². The molecule has 2 heteroatoms. The summed E-state index contributed by atoms with van der Waals surface area (Å²) in [6, 6.07) is 11.1. The van der Waals surface area contributed by atoms with E-state index in [0.717, 1.165) is 18.7 Å². The highest BCUT2D eigenvalue weighted by Gasteiger charge is 2.12. The van der Waals surface area contributed by atoms with Crippen molar-refractivity contribution >= 4 is 5.71 Å². The van der Waals surface area contributed by atoms with Crippen LogP contribution in [0.4, 0.5) is 0 Å². The summed E-state index contributed by atoms with van der Waals surface area (Å²) in [6.45, 7) is 11.8. The monoisotopic (exact) mass is 322 g/mol. The molecule has 2 aromatic rings. The van der Waals surface area contributed by atoms with Gasteiger partial charge in [-0.15, -0.1) is 0 Å². The lowest BCUT2D eigenvalue weighted by atomic mass is 9.91. The first kappa shape index (κ1) is 18.4. The largest absolute Gasteiger partial charge is 0.289 e. The van der Waals surface area contributed by atoms with Gasteiger partial charge in [0.25, 0.3) is 0 Å². The van der Waals surface area contributed by atoms with E-state index in [1.165, 1.54) is 28.7 Å². The van der Waals surface area contributed by atoms with Crippen LogP contribution in [-0.4, -0.2) is 17.2 Å². The van der Waals surface area contributed by atoms with Crippen molar-refractivity contribution in [3.63, 3.8) is 0 Å². The van der Waals surface area contributed by atoms with Gasteiger partial charge in [0, 0.05) is 36.1 Å². The molecule has 0 saturated heterocycles. The third-order valence-electron chi connectivity index (χ3n) is 5.02. The molecular weight excluding hydrogens is 292 g/mol. The summed E-state index contributed by atoms with van der Waals surface area (Å²) in [5.74, 6) is 1.10. The molecule has 2 unspecified atom stereocenters. The van der Waals surface area contributed by atoms with Gasteiger partial charge < -0.3 is 0 Å². The molecule has 0 aliphatic rings. The Labute approximate surface area is 147 Å². The fourth-order valence-electron chi connectivity index (χ4n) is 3.04. The first-order valence-electron chi connectivity index (χ1n) is 9.08. The Morgan fingerprint density at radius 2 is 1.88 bits per heavy atom. The molecular formula is C22H30N2. The lowest BCUT2D eigenvalue weighted by Gasteiger charge is -2.17. The van der Waals surface area contributed by atoms with Crippen LogP contribution in [0.1, 0.15) is 74.6 Å². The molecule has 1 aromatic heterocycles. The van der Waals surface area contributed by atoms with Crippen LogP contribution in [0.15, 0.2) is 47.7 Å². The van der Waals surface area contributed by atoms with Crippen molar-refractivity contribution in [1.29, 1.82) is 0 Å². The molecule has 128 valence electrons. The van der Waals surface area contributed by atoms with Gasteiger partial charge in [-0.25, -0.2) is 0 Å². The van der Waals surface area contributed by atoms with E-state index < -0.39 is 0 Å². The van der Waals surface area contributed by atoms with E-state index in [-0.39, 0.29) is 0 Å². The van der Waals surface area contributed by atoms with Gasteiger partial charge in [-0.2, -0.15) is 0 Å². The maximum atomic E-state index is 4.89. The average molecular weight is 322 g/mol. The smallest absolute Gasteiger partial charge is 0.0461 e. The highest BCUT2D eigenvalue weighted by Crippen LogP contribution is 2.26. The van der Waals surface area contributed by atoms with Crippen LogP contribution in [0.5, 0.6) is 0 Å². The molecule has 0 aliphatic carbocycles. The van der Waals surface area contributed by atoms with Crippen molar-refractivity contribution in [2.45, 2.75) is 59.3 Å². The van der Waals surface area contributed by atoms with Gasteiger partial charge in [-0.3, -0.25) is 9.98 Å². The standard InChI is InChI=1S/C22H30N2/c1-6-16(3)20-9-8-10-21(13-20)19(7-2)15-24-18(5)22-11-12-23-14-17(22)4/h8-14,16,19H,6-7,15H2,1-5H3/b24-18-. The summed E-state index contributed by atoms with van der Waals surface area (Å²) >= 11 is 0. The minimum atomic E-state index is 0.478. The van der Waals surface area contributed by atoms with Crippen molar-refractivity contribution < 1.29 is 0 Å². The zero-order chi connectivity index (χ0) is 17.5. The molecule has 0 amide bonds. The van der Waals surface area contributed by atoms with E-state index in [1.54, 1.807) is 0 Å². The summed E-state index contributed by atoms with van der Waals surface area (Å²) in [7, 11) is 0. The molecule has 2 nitrogen and oxygen atoms in total. The highest BCUT2D eigenvalue weighted by molar-refractivity contribution is 5.99. The van der Waals surface area contributed by atoms with Crippen molar-refractivity contribution in [1.82, 2.24) is 4.98 Å². The molecule has 1 heterocycles. The van der Waals surface area contributed by atoms with Gasteiger partial charge in [-0.05, 0) is 55.4 Å². The lowest BCUT2D eigenvalue weighted by molar-refractivity contribution is 0.669. The summed E-state index contributed by atoms with van der Waals surface area (Å²) in [6.07, 6.45) is 6.03. The zero-order valence-electron chi connectivity index (χ0n) is 15.7. The Kier molecular flexibility index (Phi) is 6.72. The molecule has 0 N–H and O–H groups in total. The predicted octanol–water partition coefficient (Wildman–Crippen LogP) is 5.91. The maximum Gasteiger partial charge on any atom is 0.0461 e. The van der Waals surface area contributed by atoms with Crippen molar-refractivity contribution in [2.75, 3.05) is 6.54 Å². The lowest BCUT2D eigenvalue weighted by Crippen LogP contribution is -2.06. The van der Waals surface area contributed by atoms with Gasteiger partial charge in [0.1, 0.15) is 0 Å². The summed E-state index contributed by atoms with van der Waals surface area (Å²) in [5, 5.41) is 0. The second-order valence-electron chi connectivity index (χ2n) is 6.70. The molecule has 0 bridgehead atoms. The second kappa shape index (κ2) is 8.77. The maximum absolute atomic E-state index is 4.89. The van der Waals surface area contributed by atoms with Gasteiger partial charge in [0.15, 0.2) is 0 Å². The van der Waals surface area contributed by atoms with Crippen LogP contribution in [0.2, 0.25) is 0 Å². The van der Waals surface area contributed by atoms with Crippen LogP contribution >= 0.6 is 0 Å². The number of hydrogen-bond donors (Lipinski definition) is 0. The number of aromatic nitrogens is 1. The molecule has 1 aromatic carbocycles. The van der Waals surface area contributed by atoms with E-state index in [9.17, 15) is 0 Å². The van der Waals surface area contributed by atoms with E-state index in [4.69, 9.17) is 4.99 Å². The van der Waals surface area contributed by atoms with Crippen LogP contribution in [-0.2, 0) is 0 Å². The van der Waals surface area contributed by atoms with E-state index in [0.29, 0.717) is 11.8 Å². The zero-order valence-corrected chi connectivity index (χ0v) is 15.7. The van der Waals surface area contributed by atoms with Crippen molar-refractivity contribution in [3.05, 3.63) is 65.0 Å². The normalized spacial score (nSPS) is 14.5. The van der Waals surface area contributed by atoms with Crippen molar-refractivity contribution in [2.24, 2.45) is 4.99 Å². The Hall–Kier alpha value is -1.96. The average Bonchev–Trinajstić information content (AvgIpc) is 2.62. The summed E-state index contributed by atoms with van der Waals surface area (Å²) in [4.78, 5) is 9.05. The van der Waals surface area contributed by atoms with Crippen LogP contribution < -0.4 is 0 Å². The van der Waals surface area contributed by atoms with Gasteiger partial charge in [-0.1, -0.05) is 45.0 Å². The number of nitrogens with zero attached hydrogens (tertiary/aromatic N) is 2. The summed E-state index contributed by atoms with van der Waals surface area (Å²) in [5.41, 5.74) is 6.35. The third kappa shape index (κ3) is 4.53. The van der Waals surface area contributed by atoms with Crippen LogP contribution in [0.25, 0.3) is 0 Å². The third-order valence-corrected chi connectivity index (χ3v) is 5.02. The Morgan fingerprint density at radius 3 is 2.54 bits per heavy atom. The SMILES string of the molecule is CCC(C)c1cccc(C(CC)C/N=C(/C)c2ccncc2C)c1. The molecule has 2 rings (SSSR count). The van der Waals surface area contributed by atoms with Gasteiger partial charge in [0.05, 0.1) is 0 Å². The topological polar surface area (TPSA) is 25.2 Å². The first-order chi connectivity index (χ1) is 11.6. The summed E-state index contributed by atoms with van der Waals surface area (Å²) < 4.78 is 0. The molecule has 0 aliphatic heterocycles. The fraction of sp³-hybridized carbons (Fsp3) is 0.455. The van der Waals surface area contributed by atoms with Crippen LogP contribution in [0, 0.1) is 6.92 Å². The van der Waals surface area contributed by atoms with Gasteiger partial charge in [0.2, 0.25) is 0 Å². The predicted molar refractivity (Wildman–Crippen MR) is 104 cm³/mol. The van der Waals surface area contributed by atoms with E-state index >= 15 is 0 Å². The van der Waals surface area contributed by atoms with Crippen molar-refractivity contribution in [3.8, 4) is 0 Å². The highest BCUT2D eigenvalue weighted by atomic mass is 14.7. The molecule has 0 radical (unpaired) electrons. The quantitative estimate of drug-likeness (QED) is 0.582. The number of pyridine rings is 1. The Bertz CT molecular complexity index is 688. The number of rotatable bonds is 7. The molecule has 2 atom stereocenters. The number of hydrogen-bond acceptors (Lipinski definition) is 2. The second-order valence-corrected chi connectivity index (χ2v) is 6.70. The Balaban J connectivity index is 2.18. The van der Waals surface area contributed by atoms with Gasteiger partial charge >= 0.3 is 0 Å². The molecule has 24 heavy (non-hydrogen) atoms. The fourth-order valence-corrected chi connectivity index (χ4v) is 3.04. The molecule has 0 saturated carbocycles. The first-order valence-corrected chi connectivity index (χ1v) is 9.08. The number of aryl methyl sites for hydroxylation is 1. The number of aliphatic imine (C=N–C) groups is 1. The van der Waals surface area contributed by atoms with E-state index in [1.807, 2.05) is 12.4 Å². The molecule has 0 fully saturated rings. The Morgan fingerprint density at radius 1 is 1.12 bits per heavy atom. The number of benzene rings is 1. The minimum absolute atomic E-state index is 0.478. The minimum Gasteiger partial charge on any atom is -0.289 e.